The number of hydrogen-bond acceptors (Lipinski definition) is 5. The molecule has 0 spiro atoms. The fraction of sp³-hybridized carbons (Fsp3) is 0.136. The molecule has 3 aromatic rings. The number of nitrogens with zero attached hydrogens (tertiary/aromatic N) is 1. The number of para-hydroxylation sites is 1. The Morgan fingerprint density at radius 3 is 2.37 bits per heavy atom. The molecule has 0 radical (unpaired) electrons. The van der Waals surface area contributed by atoms with E-state index in [4.69, 9.17) is 16.3 Å². The first-order valence-corrected chi connectivity index (χ1v) is 9.40. The van der Waals surface area contributed by atoms with Gasteiger partial charge in [0.25, 0.3) is 5.91 Å². The molecule has 0 aliphatic heterocycles. The molecule has 0 bridgehead atoms. The van der Waals surface area contributed by atoms with E-state index in [2.05, 4.69) is 5.32 Å². The molecule has 2 amide bonds. The number of carbonyl (C=O) groups is 3. The van der Waals surface area contributed by atoms with E-state index in [0.717, 1.165) is 15.7 Å². The average Bonchev–Trinajstić information content (AvgIpc) is 2.72. The molecule has 0 unspecified atom stereocenters. The van der Waals surface area contributed by atoms with E-state index in [0.29, 0.717) is 10.7 Å². The fourth-order valence-corrected chi connectivity index (χ4v) is 2.95. The molecule has 0 aliphatic carbocycles. The van der Waals surface area contributed by atoms with Crippen LogP contribution < -0.4 is 5.32 Å². The third kappa shape index (κ3) is 5.07. The SMILES string of the molecule is CN(CC(=O)Nc1ccccc1Cl)C(=O)COC(=O)c1cc2ccccc2cc1O. The predicted molar refractivity (Wildman–Crippen MR) is 114 cm³/mol. The lowest BCUT2D eigenvalue weighted by Crippen LogP contribution is -2.37. The Morgan fingerprint density at radius 1 is 1.03 bits per heavy atom. The highest BCUT2D eigenvalue weighted by molar-refractivity contribution is 6.33. The second kappa shape index (κ2) is 9.28. The largest absolute Gasteiger partial charge is 0.507 e. The van der Waals surface area contributed by atoms with Gasteiger partial charge in [-0.15, -0.1) is 0 Å². The van der Waals surface area contributed by atoms with E-state index in [1.54, 1.807) is 42.5 Å². The van der Waals surface area contributed by atoms with Crippen molar-refractivity contribution in [2.75, 3.05) is 25.5 Å². The van der Waals surface area contributed by atoms with Gasteiger partial charge >= 0.3 is 5.97 Å². The number of benzene rings is 3. The van der Waals surface area contributed by atoms with Crippen molar-refractivity contribution in [1.29, 1.82) is 0 Å². The number of rotatable bonds is 6. The molecule has 154 valence electrons. The van der Waals surface area contributed by atoms with Crippen LogP contribution in [0.5, 0.6) is 5.75 Å². The number of ether oxygens (including phenoxy) is 1. The van der Waals surface area contributed by atoms with Crippen molar-refractivity contribution in [2.24, 2.45) is 0 Å². The van der Waals surface area contributed by atoms with Gasteiger partial charge in [0.1, 0.15) is 11.3 Å². The molecule has 0 saturated carbocycles. The topological polar surface area (TPSA) is 95.9 Å². The van der Waals surface area contributed by atoms with Crippen molar-refractivity contribution < 1.29 is 24.2 Å². The molecule has 0 heterocycles. The van der Waals surface area contributed by atoms with Gasteiger partial charge in [0.15, 0.2) is 6.61 Å². The summed E-state index contributed by atoms with van der Waals surface area (Å²) in [5.74, 6) is -2.09. The molecular formula is C22H19ClN2O5. The number of anilines is 1. The highest BCUT2D eigenvalue weighted by atomic mass is 35.5. The zero-order chi connectivity index (χ0) is 21.7. The Kier molecular flexibility index (Phi) is 6.54. The standard InChI is InChI=1S/C22H19ClN2O5/c1-25(12-20(27)24-18-9-5-4-8-17(18)23)21(28)13-30-22(29)16-10-14-6-2-3-7-15(14)11-19(16)26/h2-11,26H,12-13H2,1H3,(H,24,27). The van der Waals surface area contributed by atoms with Crippen LogP contribution >= 0.6 is 11.6 Å². The number of phenolic OH excluding ortho intramolecular Hbond substituents is 1. The molecule has 3 rings (SSSR count). The normalized spacial score (nSPS) is 10.5. The Hall–Kier alpha value is -3.58. The number of esters is 1. The molecule has 7 nitrogen and oxygen atoms in total. The van der Waals surface area contributed by atoms with Gasteiger partial charge in [-0.05, 0) is 35.0 Å². The van der Waals surface area contributed by atoms with Crippen LogP contribution in [0.25, 0.3) is 10.8 Å². The molecule has 0 fully saturated rings. The van der Waals surface area contributed by atoms with Crippen LogP contribution in [-0.2, 0) is 14.3 Å². The van der Waals surface area contributed by atoms with Crippen LogP contribution in [0.15, 0.2) is 60.7 Å². The summed E-state index contributed by atoms with van der Waals surface area (Å²) in [6, 6.07) is 16.9. The average molecular weight is 427 g/mol. The molecule has 3 aromatic carbocycles. The molecular weight excluding hydrogens is 408 g/mol. The highest BCUT2D eigenvalue weighted by Crippen LogP contribution is 2.25. The van der Waals surface area contributed by atoms with Crippen molar-refractivity contribution in [3.05, 3.63) is 71.2 Å². The first kappa shape index (κ1) is 21.1. The Bertz CT molecular complexity index is 1120. The summed E-state index contributed by atoms with van der Waals surface area (Å²) < 4.78 is 5.02. The van der Waals surface area contributed by atoms with E-state index >= 15 is 0 Å². The molecule has 8 heteroatoms. The predicted octanol–water partition coefficient (Wildman–Crippen LogP) is 3.45. The second-order valence-corrected chi connectivity index (χ2v) is 6.98. The third-order valence-corrected chi connectivity index (χ3v) is 4.69. The van der Waals surface area contributed by atoms with E-state index in [-0.39, 0.29) is 17.9 Å². The van der Waals surface area contributed by atoms with E-state index < -0.39 is 24.4 Å². The maximum absolute atomic E-state index is 12.3. The molecule has 0 saturated heterocycles. The smallest absolute Gasteiger partial charge is 0.342 e. The maximum atomic E-state index is 12.3. The van der Waals surface area contributed by atoms with E-state index in [1.807, 2.05) is 6.07 Å². The van der Waals surface area contributed by atoms with Gasteiger partial charge in [0, 0.05) is 7.05 Å². The number of carbonyl (C=O) groups excluding carboxylic acids is 3. The number of phenols is 1. The third-order valence-electron chi connectivity index (χ3n) is 4.37. The molecule has 0 atom stereocenters. The van der Waals surface area contributed by atoms with Gasteiger partial charge in [-0.2, -0.15) is 0 Å². The van der Waals surface area contributed by atoms with Gasteiger partial charge in [0.05, 0.1) is 17.3 Å². The minimum absolute atomic E-state index is 0.0411. The van der Waals surface area contributed by atoms with E-state index in [1.165, 1.54) is 19.2 Å². The Morgan fingerprint density at radius 2 is 1.67 bits per heavy atom. The number of nitrogens with one attached hydrogen (secondary N) is 1. The second-order valence-electron chi connectivity index (χ2n) is 6.57. The number of amides is 2. The first-order valence-electron chi connectivity index (χ1n) is 9.02. The van der Waals surface area contributed by atoms with Gasteiger partial charge in [-0.25, -0.2) is 4.79 Å². The molecule has 2 N–H and O–H groups in total. The summed E-state index contributed by atoms with van der Waals surface area (Å²) in [5, 5.41) is 14.6. The quantitative estimate of drug-likeness (QED) is 0.588. The van der Waals surface area contributed by atoms with Crippen LogP contribution in [0, 0.1) is 0 Å². The Balaban J connectivity index is 1.55. The lowest BCUT2D eigenvalue weighted by atomic mass is 10.1. The van der Waals surface area contributed by atoms with Crippen LogP contribution in [0.1, 0.15) is 10.4 Å². The number of halogens is 1. The number of hydrogen-bond donors (Lipinski definition) is 2. The number of aromatic hydroxyl groups is 1. The summed E-state index contributed by atoms with van der Waals surface area (Å²) in [5.41, 5.74) is 0.392. The summed E-state index contributed by atoms with van der Waals surface area (Å²) in [6.45, 7) is -0.816. The summed E-state index contributed by atoms with van der Waals surface area (Å²) >= 11 is 5.99. The molecule has 0 aliphatic rings. The zero-order valence-electron chi connectivity index (χ0n) is 16.1. The van der Waals surface area contributed by atoms with Crippen LogP contribution in [0.2, 0.25) is 5.02 Å². The van der Waals surface area contributed by atoms with Gasteiger partial charge in [-0.1, -0.05) is 48.0 Å². The first-order chi connectivity index (χ1) is 14.3. The zero-order valence-corrected chi connectivity index (χ0v) is 16.8. The van der Waals surface area contributed by atoms with E-state index in [9.17, 15) is 19.5 Å². The minimum atomic E-state index is -0.833. The number of fused-ring (bicyclic) bond motifs is 1. The van der Waals surface area contributed by atoms with Gasteiger partial charge < -0.3 is 20.1 Å². The minimum Gasteiger partial charge on any atom is -0.507 e. The Labute approximate surface area is 177 Å². The molecule has 0 aromatic heterocycles. The fourth-order valence-electron chi connectivity index (χ4n) is 2.76. The lowest BCUT2D eigenvalue weighted by molar-refractivity contribution is -0.136. The lowest BCUT2D eigenvalue weighted by Gasteiger charge is -2.17. The van der Waals surface area contributed by atoms with Gasteiger partial charge in [0.2, 0.25) is 5.91 Å². The monoisotopic (exact) mass is 426 g/mol. The van der Waals surface area contributed by atoms with Crippen molar-refractivity contribution in [3.63, 3.8) is 0 Å². The van der Waals surface area contributed by atoms with Crippen molar-refractivity contribution >= 4 is 45.8 Å². The van der Waals surface area contributed by atoms with Gasteiger partial charge in [-0.3, -0.25) is 9.59 Å². The maximum Gasteiger partial charge on any atom is 0.342 e. The van der Waals surface area contributed by atoms with Crippen molar-refractivity contribution in [1.82, 2.24) is 4.90 Å². The van der Waals surface area contributed by atoms with Crippen molar-refractivity contribution in [2.45, 2.75) is 0 Å². The highest BCUT2D eigenvalue weighted by Gasteiger charge is 2.19. The summed E-state index contributed by atoms with van der Waals surface area (Å²) in [4.78, 5) is 37.7. The van der Waals surface area contributed by atoms with Crippen molar-refractivity contribution in [3.8, 4) is 5.75 Å². The summed E-state index contributed by atoms with van der Waals surface area (Å²) in [7, 11) is 1.41. The molecule has 30 heavy (non-hydrogen) atoms. The number of likely N-dealkylation sites (N-methyl/N-ethyl adjacent to an activating group) is 1. The van der Waals surface area contributed by atoms with Crippen LogP contribution in [-0.4, -0.2) is 48.0 Å². The summed E-state index contributed by atoms with van der Waals surface area (Å²) in [6.07, 6.45) is 0. The van der Waals surface area contributed by atoms with Crippen LogP contribution in [0.3, 0.4) is 0 Å². The van der Waals surface area contributed by atoms with Crippen LogP contribution in [0.4, 0.5) is 5.69 Å².